The highest BCUT2D eigenvalue weighted by atomic mass is 32.2. The topological polar surface area (TPSA) is 127 Å². The fourth-order valence-electron chi connectivity index (χ4n) is 3.05. The third-order valence-electron chi connectivity index (χ3n) is 4.76. The number of carbonyl (C=O) groups excluding carboxylic acids is 2. The summed E-state index contributed by atoms with van der Waals surface area (Å²) in [6, 6.07) is 22.6. The van der Waals surface area contributed by atoms with Crippen molar-refractivity contribution in [3.05, 3.63) is 108 Å². The van der Waals surface area contributed by atoms with E-state index in [0.29, 0.717) is 22.6 Å². The Bertz CT molecular complexity index is 1410. The first kappa shape index (κ1) is 23.6. The quantitative estimate of drug-likeness (QED) is 0.345. The van der Waals surface area contributed by atoms with Gasteiger partial charge in [-0.05, 0) is 54.6 Å². The minimum absolute atomic E-state index is 0.00987. The molecule has 4 aromatic rings. The van der Waals surface area contributed by atoms with Gasteiger partial charge in [-0.2, -0.15) is 0 Å². The number of nitrogens with zero attached hydrogens (tertiary/aromatic N) is 2. The van der Waals surface area contributed by atoms with Gasteiger partial charge in [-0.25, -0.2) is 23.1 Å². The van der Waals surface area contributed by atoms with Gasteiger partial charge in [0.05, 0.1) is 4.90 Å². The Kier molecular flexibility index (Phi) is 7.12. The lowest BCUT2D eigenvalue weighted by Gasteiger charge is -2.10. The predicted octanol–water partition coefficient (Wildman–Crippen LogP) is 3.53. The molecule has 0 saturated heterocycles. The Morgan fingerprint density at radius 2 is 1.40 bits per heavy atom. The highest BCUT2D eigenvalue weighted by Crippen LogP contribution is 2.18. The van der Waals surface area contributed by atoms with Crippen molar-refractivity contribution in [1.29, 1.82) is 0 Å². The standard InChI is InChI=1S/C25H20N4O5S/c30-23(17-34-21-11-7-19(8-12-21)24(31)18-5-2-1-3-6-18)28-20-9-13-22(14-10-20)35(32,33)29-25-26-15-4-16-27-25/h1-16H,17H2,(H,28,30)(H,26,27,29). The van der Waals surface area contributed by atoms with E-state index in [9.17, 15) is 18.0 Å². The Morgan fingerprint density at radius 1 is 0.771 bits per heavy atom. The summed E-state index contributed by atoms with van der Waals surface area (Å²) in [5, 5.41) is 2.63. The maximum absolute atomic E-state index is 12.5. The molecule has 1 heterocycles. The van der Waals surface area contributed by atoms with Crippen molar-refractivity contribution in [3.63, 3.8) is 0 Å². The fraction of sp³-hybridized carbons (Fsp3) is 0.0400. The molecule has 0 radical (unpaired) electrons. The average molecular weight is 489 g/mol. The van der Waals surface area contributed by atoms with E-state index in [4.69, 9.17) is 4.74 Å². The number of hydrogen-bond acceptors (Lipinski definition) is 7. The maximum atomic E-state index is 12.5. The molecule has 0 saturated carbocycles. The lowest BCUT2D eigenvalue weighted by molar-refractivity contribution is -0.118. The second-order valence-electron chi connectivity index (χ2n) is 7.26. The summed E-state index contributed by atoms with van der Waals surface area (Å²) in [6.07, 6.45) is 2.84. The number of nitrogens with one attached hydrogen (secondary N) is 2. The molecule has 0 aliphatic heterocycles. The highest BCUT2D eigenvalue weighted by Gasteiger charge is 2.16. The molecule has 0 unspecified atom stereocenters. The van der Waals surface area contributed by atoms with Crippen molar-refractivity contribution < 1.29 is 22.7 Å². The fourth-order valence-corrected chi connectivity index (χ4v) is 4.01. The SMILES string of the molecule is O=C(COc1ccc(C(=O)c2ccccc2)cc1)Nc1ccc(S(=O)(=O)Nc2ncccn2)cc1. The number of carbonyl (C=O) groups is 2. The van der Waals surface area contributed by atoms with Crippen LogP contribution in [0, 0.1) is 0 Å². The number of benzene rings is 3. The van der Waals surface area contributed by atoms with Crippen molar-refractivity contribution in [1.82, 2.24) is 9.97 Å². The van der Waals surface area contributed by atoms with Crippen LogP contribution in [-0.2, 0) is 14.8 Å². The molecular formula is C25H20N4O5S. The van der Waals surface area contributed by atoms with E-state index >= 15 is 0 Å². The molecule has 0 fully saturated rings. The largest absolute Gasteiger partial charge is 0.484 e. The summed E-state index contributed by atoms with van der Waals surface area (Å²) in [4.78, 5) is 32.3. The number of anilines is 2. The van der Waals surface area contributed by atoms with Crippen LogP contribution in [0.15, 0.2) is 102 Å². The minimum Gasteiger partial charge on any atom is -0.484 e. The molecule has 1 aromatic heterocycles. The van der Waals surface area contributed by atoms with Gasteiger partial charge in [0.1, 0.15) is 5.75 Å². The van der Waals surface area contributed by atoms with Crippen LogP contribution >= 0.6 is 0 Å². The normalized spacial score (nSPS) is 10.9. The third kappa shape index (κ3) is 6.27. The molecule has 0 aliphatic rings. The van der Waals surface area contributed by atoms with Gasteiger partial charge in [0.2, 0.25) is 5.95 Å². The molecule has 0 aliphatic carbocycles. The van der Waals surface area contributed by atoms with Crippen molar-refractivity contribution in [3.8, 4) is 5.75 Å². The smallest absolute Gasteiger partial charge is 0.264 e. The van der Waals surface area contributed by atoms with Crippen LogP contribution in [-0.4, -0.2) is 36.7 Å². The second-order valence-corrected chi connectivity index (χ2v) is 8.94. The zero-order valence-corrected chi connectivity index (χ0v) is 19.1. The van der Waals surface area contributed by atoms with E-state index in [2.05, 4.69) is 20.0 Å². The Morgan fingerprint density at radius 3 is 2.06 bits per heavy atom. The van der Waals surface area contributed by atoms with E-state index in [-0.39, 0.29) is 23.2 Å². The second kappa shape index (κ2) is 10.6. The molecular weight excluding hydrogens is 468 g/mol. The van der Waals surface area contributed by atoms with Gasteiger partial charge < -0.3 is 10.1 Å². The van der Waals surface area contributed by atoms with E-state index in [0.717, 1.165) is 0 Å². The number of rotatable bonds is 9. The number of amides is 1. The van der Waals surface area contributed by atoms with Crippen molar-refractivity contribution >= 4 is 33.3 Å². The Balaban J connectivity index is 1.30. The van der Waals surface area contributed by atoms with E-state index in [1.165, 1.54) is 36.7 Å². The summed E-state index contributed by atoms with van der Waals surface area (Å²) in [5.41, 5.74) is 1.50. The molecule has 0 bridgehead atoms. The average Bonchev–Trinajstić information content (AvgIpc) is 2.88. The Hall–Kier alpha value is -4.57. The summed E-state index contributed by atoms with van der Waals surface area (Å²) in [6.45, 7) is -0.265. The van der Waals surface area contributed by atoms with Crippen molar-refractivity contribution in [2.24, 2.45) is 0 Å². The lowest BCUT2D eigenvalue weighted by Crippen LogP contribution is -2.20. The summed E-state index contributed by atoms with van der Waals surface area (Å²) >= 11 is 0. The summed E-state index contributed by atoms with van der Waals surface area (Å²) < 4.78 is 32.6. The van der Waals surface area contributed by atoms with Crippen LogP contribution in [0.3, 0.4) is 0 Å². The van der Waals surface area contributed by atoms with Crippen LogP contribution in [0.1, 0.15) is 15.9 Å². The van der Waals surface area contributed by atoms with Gasteiger partial charge in [-0.1, -0.05) is 30.3 Å². The number of ether oxygens (including phenoxy) is 1. The van der Waals surface area contributed by atoms with Gasteiger partial charge in [-0.15, -0.1) is 0 Å². The first-order valence-electron chi connectivity index (χ1n) is 10.4. The zero-order chi connectivity index (χ0) is 24.7. The van der Waals surface area contributed by atoms with Crippen LogP contribution in [0.5, 0.6) is 5.75 Å². The maximum Gasteiger partial charge on any atom is 0.264 e. The third-order valence-corrected chi connectivity index (χ3v) is 6.11. The summed E-state index contributed by atoms with van der Waals surface area (Å²) in [5.74, 6) is -0.146. The van der Waals surface area contributed by atoms with Crippen LogP contribution < -0.4 is 14.8 Å². The molecule has 3 aromatic carbocycles. The van der Waals surface area contributed by atoms with Gasteiger partial charge in [0.25, 0.3) is 15.9 Å². The van der Waals surface area contributed by atoms with E-state index in [1.54, 1.807) is 54.6 Å². The Labute approximate surface area is 201 Å². The van der Waals surface area contributed by atoms with E-state index in [1.807, 2.05) is 6.07 Å². The number of aromatic nitrogens is 2. The molecule has 4 rings (SSSR count). The van der Waals surface area contributed by atoms with Gasteiger partial charge in [0.15, 0.2) is 12.4 Å². The number of sulfonamides is 1. The molecule has 9 nitrogen and oxygen atoms in total. The first-order chi connectivity index (χ1) is 16.9. The van der Waals surface area contributed by atoms with Gasteiger partial charge in [-0.3, -0.25) is 9.59 Å². The van der Waals surface area contributed by atoms with Crippen molar-refractivity contribution in [2.45, 2.75) is 4.90 Å². The molecule has 0 spiro atoms. The van der Waals surface area contributed by atoms with Crippen LogP contribution in [0.2, 0.25) is 0 Å². The van der Waals surface area contributed by atoms with Crippen LogP contribution in [0.25, 0.3) is 0 Å². The molecule has 0 atom stereocenters. The lowest BCUT2D eigenvalue weighted by atomic mass is 10.0. The highest BCUT2D eigenvalue weighted by molar-refractivity contribution is 7.92. The van der Waals surface area contributed by atoms with E-state index < -0.39 is 15.9 Å². The van der Waals surface area contributed by atoms with Gasteiger partial charge in [0, 0.05) is 29.2 Å². The minimum atomic E-state index is -3.87. The molecule has 176 valence electrons. The summed E-state index contributed by atoms with van der Waals surface area (Å²) in [7, 11) is -3.87. The molecule has 10 heteroatoms. The number of ketones is 1. The number of hydrogen-bond donors (Lipinski definition) is 2. The van der Waals surface area contributed by atoms with Gasteiger partial charge >= 0.3 is 0 Å². The molecule has 2 N–H and O–H groups in total. The predicted molar refractivity (Wildman–Crippen MR) is 130 cm³/mol. The molecule has 1 amide bonds. The zero-order valence-electron chi connectivity index (χ0n) is 18.3. The first-order valence-corrected chi connectivity index (χ1v) is 11.9. The monoisotopic (exact) mass is 488 g/mol. The molecule has 35 heavy (non-hydrogen) atoms. The van der Waals surface area contributed by atoms with Crippen LogP contribution in [0.4, 0.5) is 11.6 Å². The van der Waals surface area contributed by atoms with Crippen molar-refractivity contribution in [2.75, 3.05) is 16.6 Å².